The van der Waals surface area contributed by atoms with E-state index >= 15 is 0 Å². The van der Waals surface area contributed by atoms with E-state index in [4.69, 9.17) is 32.7 Å². The van der Waals surface area contributed by atoms with Crippen molar-refractivity contribution < 1.29 is 108 Å². The van der Waals surface area contributed by atoms with Gasteiger partial charge in [0.15, 0.2) is 0 Å². The first-order valence-electron chi connectivity index (χ1n) is 26.5. The molecule has 0 aliphatic heterocycles. The summed E-state index contributed by atoms with van der Waals surface area (Å²) in [5.41, 5.74) is 2.70. The van der Waals surface area contributed by atoms with Crippen LogP contribution >= 0.6 is 23.2 Å². The van der Waals surface area contributed by atoms with Gasteiger partial charge in [0.05, 0.1) is 33.1 Å². The van der Waals surface area contributed by atoms with E-state index in [-0.39, 0.29) is 116 Å². The number of ether oxygens (including phenoxy) is 2. The first-order valence-corrected chi connectivity index (χ1v) is 27.2. The second-order valence-corrected chi connectivity index (χ2v) is 23.7. The Kier molecular flexibility index (Phi) is 21.2. The van der Waals surface area contributed by atoms with Gasteiger partial charge in [-0.3, -0.25) is 0 Å². The summed E-state index contributed by atoms with van der Waals surface area (Å²) in [5.74, 6) is 0.411. The van der Waals surface area contributed by atoms with Crippen molar-refractivity contribution in [2.75, 3.05) is 0 Å². The molecule has 9 atom stereocenters. The normalized spacial score (nSPS) is 25.0. The molecule has 4 aliphatic carbocycles. The molecule has 2 unspecified atom stereocenters. The van der Waals surface area contributed by atoms with Crippen LogP contribution in [0, 0.1) is 58.2 Å². The van der Waals surface area contributed by atoms with Gasteiger partial charge in [0, 0.05) is 11.1 Å². The predicted octanol–water partition coefficient (Wildman–Crippen LogP) is 7.23. The summed E-state index contributed by atoms with van der Waals surface area (Å²) >= 11 is 13.7. The summed E-state index contributed by atoms with van der Waals surface area (Å²) in [6, 6.07) is 17.9. The van der Waals surface area contributed by atoms with E-state index < -0.39 is 23.9 Å². The monoisotopic (exact) mass is 1080 g/mol. The van der Waals surface area contributed by atoms with E-state index in [2.05, 4.69) is 34.6 Å². The van der Waals surface area contributed by atoms with Crippen LogP contribution in [0.4, 0.5) is 0 Å². The second kappa shape index (κ2) is 26.1. The zero-order chi connectivity index (χ0) is 52.4. The maximum Gasteiger partial charge on any atom is 1.00 e. The molecular formula is C61H70Cl2Na2O10. The molecule has 0 radical (unpaired) electrons. The fourth-order valence-electron chi connectivity index (χ4n) is 14.4. The Bertz CT molecular complexity index is 2590. The fraction of sp³-hybridized carbons (Fsp3) is 0.508. The average molecular weight is 1080 g/mol. The van der Waals surface area contributed by atoms with Gasteiger partial charge in [0.1, 0.15) is 24.7 Å². The van der Waals surface area contributed by atoms with Crippen molar-refractivity contribution in [2.45, 2.75) is 138 Å². The summed E-state index contributed by atoms with van der Waals surface area (Å²) in [6.45, 7) is 12.3. The van der Waals surface area contributed by atoms with Crippen LogP contribution in [0.2, 0.25) is 10.0 Å². The third kappa shape index (κ3) is 13.6. The SMILES string of the molecule is CC(C)CCCC(C)[C@H]1CC[C@H]2[C@@H]3CCC4C[C@@H](CCC=C(c5cc(Cl)c(OCc6ccc(C(=O)O)cc6)c(C(=O)[O-])c5)c5cc(Cl)c(OCc6ccc(C(=O)O)cc6)c(C(=O)[O-])c5)CC[C@]4(C)[C@H]3CC[C@]12C.[Na+].[Na+]. The molecule has 4 aromatic rings. The molecular weight excluding hydrogens is 1010 g/mol. The standard InChI is InChI=1S/C61H72Cl2O10.2Na/c1-35(2)8-6-9-36(3)49-22-23-50-46-21-20-44-28-37(24-26-60(44,4)51(46)25-27-61(49,50)5)10-7-11-45(42-29-47(58(68)69)54(52(62)31-42)72-33-38-12-16-40(17-13-38)56(64)65)43-30-48(59(70)71)55(53(63)32-43)73-34-39-14-18-41(19-15-39)57(66)67;;/h11-19,29-32,35-37,44,46,49-51H,6-10,20-28,33-34H2,1-5H3,(H,64,65)(H,66,67)(H,68,69)(H,70,71);;/q;2*+1/p-2/t36?,37-,44?,46-,49+,50-,51-,60-,61+;;/m0../s1. The Balaban J connectivity index is 0.00000457. The minimum Gasteiger partial charge on any atom is -0.545 e. The van der Waals surface area contributed by atoms with Crippen molar-refractivity contribution in [3.8, 4) is 11.5 Å². The number of aromatic carboxylic acids is 4. The second-order valence-electron chi connectivity index (χ2n) is 22.8. The van der Waals surface area contributed by atoms with Crippen molar-refractivity contribution in [3.63, 3.8) is 0 Å². The van der Waals surface area contributed by atoms with Crippen molar-refractivity contribution in [1.82, 2.24) is 0 Å². The Morgan fingerprint density at radius 1 is 0.667 bits per heavy atom. The van der Waals surface area contributed by atoms with Gasteiger partial charge < -0.3 is 39.5 Å². The van der Waals surface area contributed by atoms with Crippen molar-refractivity contribution in [2.24, 2.45) is 58.2 Å². The summed E-state index contributed by atoms with van der Waals surface area (Å²) in [5, 5.41) is 44.2. The molecule has 4 aliphatic rings. The smallest absolute Gasteiger partial charge is 0.545 e. The van der Waals surface area contributed by atoms with E-state index in [0.717, 1.165) is 54.8 Å². The number of carboxylic acid groups (broad SMARTS) is 4. The van der Waals surface area contributed by atoms with Crippen LogP contribution in [0.15, 0.2) is 78.9 Å². The molecule has 14 heteroatoms. The zero-order valence-electron chi connectivity index (χ0n) is 44.9. The topological polar surface area (TPSA) is 173 Å². The van der Waals surface area contributed by atoms with Gasteiger partial charge in [0.2, 0.25) is 0 Å². The Hall–Kier alpha value is -3.32. The quantitative estimate of drug-likeness (QED) is 0.0861. The summed E-state index contributed by atoms with van der Waals surface area (Å²) in [4.78, 5) is 48.4. The number of rotatable bonds is 20. The van der Waals surface area contributed by atoms with E-state index in [1.54, 1.807) is 36.4 Å². The molecule has 75 heavy (non-hydrogen) atoms. The minimum absolute atomic E-state index is 0. The third-order valence-corrected chi connectivity index (χ3v) is 18.8. The number of allylic oxidation sites excluding steroid dienone is 1. The molecule has 0 heterocycles. The number of carboxylic acids is 4. The molecule has 0 aromatic heterocycles. The maximum atomic E-state index is 12.8. The van der Waals surface area contributed by atoms with E-state index in [9.17, 15) is 39.6 Å². The number of halogens is 2. The van der Waals surface area contributed by atoms with Gasteiger partial charge in [-0.15, -0.1) is 0 Å². The third-order valence-electron chi connectivity index (χ3n) is 18.2. The number of hydrogen-bond donors (Lipinski definition) is 2. The van der Waals surface area contributed by atoms with Crippen LogP contribution in [0.3, 0.4) is 0 Å². The molecule has 4 aromatic carbocycles. The van der Waals surface area contributed by atoms with Gasteiger partial charge in [-0.2, -0.15) is 0 Å². The van der Waals surface area contributed by atoms with Crippen molar-refractivity contribution >= 4 is 52.7 Å². The van der Waals surface area contributed by atoms with E-state index in [1.165, 1.54) is 101 Å². The molecule has 0 bridgehead atoms. The van der Waals surface area contributed by atoms with Crippen LogP contribution in [-0.4, -0.2) is 34.1 Å². The van der Waals surface area contributed by atoms with Crippen LogP contribution < -0.4 is 78.8 Å². The molecule has 4 fully saturated rings. The molecule has 4 saturated carbocycles. The number of fused-ring (bicyclic) bond motifs is 5. The van der Waals surface area contributed by atoms with Gasteiger partial charge in [-0.25, -0.2) is 9.59 Å². The summed E-state index contributed by atoms with van der Waals surface area (Å²) in [7, 11) is 0. The molecule has 10 nitrogen and oxygen atoms in total. The van der Waals surface area contributed by atoms with Crippen molar-refractivity contribution in [3.05, 3.63) is 133 Å². The fourth-order valence-corrected chi connectivity index (χ4v) is 14.9. The first kappa shape index (κ1) is 60.9. The molecule has 0 spiro atoms. The van der Waals surface area contributed by atoms with Gasteiger partial charge in [0.25, 0.3) is 0 Å². The molecule has 0 saturated heterocycles. The van der Waals surface area contributed by atoms with Gasteiger partial charge in [-0.1, -0.05) is 107 Å². The number of carbonyl (C=O) groups excluding carboxylic acids is 2. The van der Waals surface area contributed by atoms with Gasteiger partial charge >= 0.3 is 71.1 Å². The molecule has 2 N–H and O–H groups in total. The number of carbonyl (C=O) groups is 4. The summed E-state index contributed by atoms with van der Waals surface area (Å²) in [6.07, 6.45) is 19.1. The van der Waals surface area contributed by atoms with Crippen molar-refractivity contribution in [1.29, 1.82) is 0 Å². The predicted molar refractivity (Wildman–Crippen MR) is 280 cm³/mol. The van der Waals surface area contributed by atoms with Crippen LogP contribution in [0.25, 0.3) is 5.57 Å². The first-order chi connectivity index (χ1) is 34.8. The van der Waals surface area contributed by atoms with E-state index in [1.807, 2.05) is 6.08 Å². The molecule has 8 rings (SSSR count). The number of benzene rings is 4. The zero-order valence-corrected chi connectivity index (χ0v) is 50.4. The molecule has 390 valence electrons. The Morgan fingerprint density at radius 3 is 1.67 bits per heavy atom. The number of hydrogen-bond acceptors (Lipinski definition) is 8. The van der Waals surface area contributed by atoms with Crippen LogP contribution in [0.1, 0.15) is 188 Å². The largest absolute Gasteiger partial charge is 1.00 e. The Morgan fingerprint density at radius 2 is 1.17 bits per heavy atom. The Labute approximate surface area is 497 Å². The van der Waals surface area contributed by atoms with Gasteiger partial charge in [-0.05, 0) is 205 Å². The maximum absolute atomic E-state index is 12.8. The minimum atomic E-state index is -1.55. The molecule has 0 amide bonds. The van der Waals surface area contributed by atoms with Crippen LogP contribution in [0.5, 0.6) is 11.5 Å². The average Bonchev–Trinajstić information content (AvgIpc) is 3.71. The van der Waals surface area contributed by atoms with E-state index in [0.29, 0.717) is 56.9 Å². The summed E-state index contributed by atoms with van der Waals surface area (Å²) < 4.78 is 11.9. The van der Waals surface area contributed by atoms with Crippen LogP contribution in [-0.2, 0) is 13.2 Å².